The minimum Gasteiger partial charge on any atom is -0.491 e. The van der Waals surface area contributed by atoms with Gasteiger partial charge in [-0.25, -0.2) is 22.2 Å². The number of tetrazole rings is 1. The number of aromatic nitrogens is 4. The van der Waals surface area contributed by atoms with E-state index in [0.29, 0.717) is 18.4 Å². The SMILES string of the molecule is CN(C)C[C@H](O)COc1ccc(C23CC(C(F)(F)[C@@](O)(Cn4cnnn4)c4ccc(F)cc4F)(C2)C3)cc1. The Bertz CT molecular complexity index is 1270. The quantitative estimate of drug-likeness (QED) is 0.365. The number of ether oxygens (including phenoxy) is 1. The number of benzene rings is 2. The van der Waals surface area contributed by atoms with E-state index in [2.05, 4.69) is 15.5 Å². The molecular weight excluding hydrogens is 506 g/mol. The van der Waals surface area contributed by atoms with Crippen molar-refractivity contribution >= 4 is 0 Å². The second-order valence-corrected chi connectivity index (χ2v) is 10.9. The van der Waals surface area contributed by atoms with Gasteiger partial charge in [-0.05, 0) is 79.0 Å². The highest BCUT2D eigenvalue weighted by Gasteiger charge is 2.82. The van der Waals surface area contributed by atoms with Gasteiger partial charge in [-0.3, -0.25) is 0 Å². The van der Waals surface area contributed by atoms with E-state index in [4.69, 9.17) is 4.74 Å². The van der Waals surface area contributed by atoms with Crippen molar-refractivity contribution in [1.82, 2.24) is 25.1 Å². The number of nitrogens with zero attached hydrogens (tertiary/aromatic N) is 5. The van der Waals surface area contributed by atoms with Crippen molar-refractivity contribution in [2.24, 2.45) is 5.41 Å². The smallest absolute Gasteiger partial charge is 0.287 e. The van der Waals surface area contributed by atoms with Gasteiger partial charge in [0.05, 0.1) is 6.54 Å². The Morgan fingerprint density at radius 3 is 2.37 bits per heavy atom. The van der Waals surface area contributed by atoms with Crippen LogP contribution in [0.15, 0.2) is 48.8 Å². The first-order valence-corrected chi connectivity index (χ1v) is 12.2. The van der Waals surface area contributed by atoms with Gasteiger partial charge in [-0.1, -0.05) is 12.1 Å². The third-order valence-corrected chi connectivity index (χ3v) is 7.86. The standard InChI is InChI=1S/C26H29F4N5O3/c1-34(2)10-19(36)11-38-20-6-3-17(4-7-20)23-12-24(13-23,14-23)26(29,30)25(37,15-35-16-31-32-33-35)21-8-5-18(27)9-22(21)28/h3-9,16,19,36-37H,10-15H2,1-2H3/t19-,23?,24?,25+/m0/s1. The summed E-state index contributed by atoms with van der Waals surface area (Å²) in [6.45, 7) is -0.229. The van der Waals surface area contributed by atoms with Crippen molar-refractivity contribution in [2.45, 2.75) is 48.8 Å². The lowest BCUT2D eigenvalue weighted by Gasteiger charge is -2.74. The average Bonchev–Trinajstić information content (AvgIpc) is 3.28. The molecule has 3 aromatic rings. The Hall–Kier alpha value is -3.09. The van der Waals surface area contributed by atoms with Crippen molar-refractivity contribution in [1.29, 1.82) is 0 Å². The van der Waals surface area contributed by atoms with Gasteiger partial charge >= 0.3 is 0 Å². The summed E-state index contributed by atoms with van der Waals surface area (Å²) < 4.78 is 67.4. The average molecular weight is 536 g/mol. The molecule has 6 rings (SSSR count). The van der Waals surface area contributed by atoms with Crippen molar-refractivity contribution in [3.05, 3.63) is 71.6 Å². The highest BCUT2D eigenvalue weighted by molar-refractivity contribution is 5.44. The first-order valence-electron chi connectivity index (χ1n) is 12.2. The number of hydrogen-bond acceptors (Lipinski definition) is 7. The maximum absolute atomic E-state index is 16.3. The summed E-state index contributed by atoms with van der Waals surface area (Å²) in [5.41, 5.74) is -4.91. The van der Waals surface area contributed by atoms with Crippen molar-refractivity contribution < 1.29 is 32.5 Å². The lowest BCUT2D eigenvalue weighted by molar-refractivity contribution is -0.347. The topological polar surface area (TPSA) is 96.5 Å². The van der Waals surface area contributed by atoms with Crippen LogP contribution in [0.2, 0.25) is 0 Å². The van der Waals surface area contributed by atoms with Crippen LogP contribution in [0, 0.1) is 17.0 Å². The van der Waals surface area contributed by atoms with E-state index in [9.17, 15) is 19.0 Å². The molecule has 1 heterocycles. The summed E-state index contributed by atoms with van der Waals surface area (Å²) in [4.78, 5) is 1.85. The summed E-state index contributed by atoms with van der Waals surface area (Å²) in [7, 11) is 3.70. The summed E-state index contributed by atoms with van der Waals surface area (Å²) in [5.74, 6) is -5.44. The molecule has 2 N–H and O–H groups in total. The number of halogens is 4. The van der Waals surface area contributed by atoms with Crippen LogP contribution in [0.4, 0.5) is 17.6 Å². The molecular formula is C26H29F4N5O3. The number of rotatable bonds is 11. The monoisotopic (exact) mass is 535 g/mol. The zero-order chi connectivity index (χ0) is 27.3. The zero-order valence-electron chi connectivity index (χ0n) is 21.0. The fourth-order valence-corrected chi connectivity index (χ4v) is 6.10. The first kappa shape index (κ1) is 26.5. The summed E-state index contributed by atoms with van der Waals surface area (Å²) >= 11 is 0. The molecule has 12 heteroatoms. The lowest BCUT2D eigenvalue weighted by Crippen LogP contribution is -2.76. The Balaban J connectivity index is 1.33. The molecule has 2 atom stereocenters. The molecule has 3 saturated carbocycles. The molecule has 0 radical (unpaired) electrons. The van der Waals surface area contributed by atoms with Crippen molar-refractivity contribution in [2.75, 3.05) is 27.2 Å². The van der Waals surface area contributed by atoms with E-state index in [1.807, 2.05) is 31.1 Å². The molecule has 0 spiro atoms. The zero-order valence-corrected chi connectivity index (χ0v) is 21.0. The Labute approximate surface area is 216 Å². The van der Waals surface area contributed by atoms with Crippen LogP contribution in [0.5, 0.6) is 5.75 Å². The number of aliphatic hydroxyl groups excluding tert-OH is 1. The maximum Gasteiger partial charge on any atom is 0.287 e. The summed E-state index contributed by atoms with van der Waals surface area (Å²) in [5, 5.41) is 31.8. The van der Waals surface area contributed by atoms with Gasteiger partial charge in [0, 0.05) is 23.6 Å². The lowest BCUT2D eigenvalue weighted by atomic mass is 9.30. The molecule has 0 amide bonds. The molecule has 2 bridgehead atoms. The second-order valence-electron chi connectivity index (χ2n) is 10.9. The van der Waals surface area contributed by atoms with Gasteiger partial charge in [-0.15, -0.1) is 5.10 Å². The Morgan fingerprint density at radius 1 is 1.11 bits per heavy atom. The number of likely N-dealkylation sites (N-methyl/N-ethyl adjacent to an activating group) is 1. The van der Waals surface area contributed by atoms with Crippen LogP contribution in [0.3, 0.4) is 0 Å². The highest BCUT2D eigenvalue weighted by Crippen LogP contribution is 2.80. The van der Waals surface area contributed by atoms with E-state index in [-0.39, 0.29) is 25.9 Å². The second kappa shape index (κ2) is 9.28. The minimum absolute atomic E-state index is 0.0927. The van der Waals surface area contributed by atoms with Crippen LogP contribution >= 0.6 is 0 Å². The number of hydrogen-bond donors (Lipinski definition) is 2. The van der Waals surface area contributed by atoms with Gasteiger partial charge in [-0.2, -0.15) is 0 Å². The Kier molecular flexibility index (Phi) is 6.48. The van der Waals surface area contributed by atoms with Gasteiger partial charge in [0.15, 0.2) is 5.60 Å². The van der Waals surface area contributed by atoms with E-state index in [1.165, 1.54) is 0 Å². The molecule has 3 aliphatic carbocycles. The Morgan fingerprint density at radius 2 is 1.79 bits per heavy atom. The van der Waals surface area contributed by atoms with Crippen LogP contribution in [0.25, 0.3) is 0 Å². The normalized spacial score (nSPS) is 24.9. The minimum atomic E-state index is -3.78. The molecule has 0 saturated heterocycles. The van der Waals surface area contributed by atoms with Crippen molar-refractivity contribution in [3.8, 4) is 5.75 Å². The van der Waals surface area contributed by atoms with Crippen LogP contribution in [-0.2, 0) is 17.6 Å². The number of aliphatic hydroxyl groups is 2. The van der Waals surface area contributed by atoms with Crippen molar-refractivity contribution in [3.63, 3.8) is 0 Å². The summed E-state index contributed by atoms with van der Waals surface area (Å²) in [6, 6.07) is 9.28. The summed E-state index contributed by atoms with van der Waals surface area (Å²) in [6.07, 6.45) is 0.678. The predicted octanol–water partition coefficient (Wildman–Crippen LogP) is 2.90. The molecule has 3 aliphatic rings. The molecule has 1 aromatic heterocycles. The molecule has 3 fully saturated rings. The van der Waals surface area contributed by atoms with E-state index in [1.54, 1.807) is 12.1 Å². The van der Waals surface area contributed by atoms with E-state index in [0.717, 1.165) is 28.7 Å². The number of alkyl halides is 2. The van der Waals surface area contributed by atoms with Gasteiger partial charge in [0.25, 0.3) is 5.92 Å². The van der Waals surface area contributed by atoms with Crippen LogP contribution < -0.4 is 4.74 Å². The highest BCUT2D eigenvalue weighted by atomic mass is 19.3. The molecule has 0 aliphatic heterocycles. The molecule has 204 valence electrons. The molecule has 2 aromatic carbocycles. The predicted molar refractivity (Wildman–Crippen MR) is 127 cm³/mol. The van der Waals surface area contributed by atoms with Crippen LogP contribution in [-0.4, -0.2) is 74.6 Å². The fraction of sp³-hybridized carbons (Fsp3) is 0.500. The van der Waals surface area contributed by atoms with E-state index >= 15 is 8.78 Å². The molecule has 8 nitrogen and oxygen atoms in total. The molecule has 0 unspecified atom stereocenters. The van der Waals surface area contributed by atoms with Gasteiger partial charge < -0.3 is 19.8 Å². The van der Waals surface area contributed by atoms with Gasteiger partial charge in [0.1, 0.15) is 36.4 Å². The molecule has 38 heavy (non-hydrogen) atoms. The van der Waals surface area contributed by atoms with Crippen LogP contribution in [0.1, 0.15) is 30.4 Å². The maximum atomic E-state index is 16.3. The third kappa shape index (κ3) is 4.24. The first-order chi connectivity index (χ1) is 17.9. The van der Waals surface area contributed by atoms with Gasteiger partial charge in [0.2, 0.25) is 0 Å². The fourth-order valence-electron chi connectivity index (χ4n) is 6.10. The third-order valence-electron chi connectivity index (χ3n) is 7.86. The van der Waals surface area contributed by atoms with E-state index < -0.39 is 52.2 Å². The largest absolute Gasteiger partial charge is 0.491 e.